The minimum absolute atomic E-state index is 0.307. The Morgan fingerprint density at radius 2 is 2.70 bits per heavy atom. The van der Waals surface area contributed by atoms with Crippen LogP contribution in [0.15, 0.2) is 15.7 Å². The Bertz CT molecular complexity index is 233. The van der Waals surface area contributed by atoms with Crippen LogP contribution in [-0.2, 0) is 6.42 Å². The molecule has 1 N–H and O–H groups in total. The molecule has 0 saturated heterocycles. The van der Waals surface area contributed by atoms with Crippen molar-refractivity contribution in [3.8, 4) is 0 Å². The summed E-state index contributed by atoms with van der Waals surface area (Å²) in [4.78, 5) is 0. The van der Waals surface area contributed by atoms with E-state index in [9.17, 15) is 0 Å². The molecule has 0 unspecified atom stereocenters. The Morgan fingerprint density at radius 1 is 1.90 bits per heavy atom. The van der Waals surface area contributed by atoms with Gasteiger partial charge in [-0.05, 0) is 0 Å². The van der Waals surface area contributed by atoms with E-state index in [1.165, 1.54) is 6.21 Å². The number of nitrogens with zero attached hydrogens (tertiary/aromatic N) is 2. The quantitative estimate of drug-likeness (QED) is 0.403. The van der Waals surface area contributed by atoms with Gasteiger partial charge < -0.3 is 9.73 Å². The summed E-state index contributed by atoms with van der Waals surface area (Å²) in [7, 11) is 0. The van der Waals surface area contributed by atoms with Gasteiger partial charge in [-0.3, -0.25) is 0 Å². The summed E-state index contributed by atoms with van der Waals surface area (Å²) in [5.74, 6) is 0.572. The van der Waals surface area contributed by atoms with Gasteiger partial charge in [0.15, 0.2) is 5.15 Å². The minimum Gasteiger partial charge on any atom is -0.411 e. The maximum absolute atomic E-state index is 8.01. The first kappa shape index (κ1) is 7.08. The molecule has 0 aromatic carbocycles. The van der Waals surface area contributed by atoms with Gasteiger partial charge in [-0.1, -0.05) is 16.8 Å². The molecule has 4 nitrogen and oxygen atoms in total. The van der Waals surface area contributed by atoms with E-state index in [0.717, 1.165) is 0 Å². The van der Waals surface area contributed by atoms with Crippen molar-refractivity contribution in [2.24, 2.45) is 5.16 Å². The number of hydrogen-bond donors (Lipinski definition) is 1. The van der Waals surface area contributed by atoms with Crippen LogP contribution in [0.4, 0.5) is 0 Å². The van der Waals surface area contributed by atoms with E-state index < -0.39 is 0 Å². The molecule has 0 amide bonds. The zero-order chi connectivity index (χ0) is 7.40. The standard InChI is InChI=1S/C5H5ClN2O2/c6-5-3-4(10-8-5)1-2-7-9/h2-3,9H,1H2. The Morgan fingerprint density at radius 3 is 3.20 bits per heavy atom. The summed E-state index contributed by atoms with van der Waals surface area (Å²) in [5.41, 5.74) is 0. The predicted octanol–water partition coefficient (Wildman–Crippen LogP) is 1.33. The Hall–Kier alpha value is -1.03. The van der Waals surface area contributed by atoms with Crippen molar-refractivity contribution in [3.63, 3.8) is 0 Å². The molecule has 10 heavy (non-hydrogen) atoms. The van der Waals surface area contributed by atoms with Crippen LogP contribution in [0.1, 0.15) is 5.76 Å². The first-order chi connectivity index (χ1) is 4.83. The van der Waals surface area contributed by atoms with Crippen LogP contribution >= 0.6 is 11.6 Å². The van der Waals surface area contributed by atoms with Gasteiger partial charge in [-0.15, -0.1) is 5.16 Å². The Labute approximate surface area is 62.1 Å². The average Bonchev–Trinajstić information content (AvgIpc) is 2.31. The fourth-order valence-corrected chi connectivity index (χ4v) is 0.671. The lowest BCUT2D eigenvalue weighted by atomic mass is 10.4. The van der Waals surface area contributed by atoms with Crippen LogP contribution in [0.5, 0.6) is 0 Å². The monoisotopic (exact) mass is 160 g/mol. The smallest absolute Gasteiger partial charge is 0.172 e. The van der Waals surface area contributed by atoms with Gasteiger partial charge in [-0.2, -0.15) is 0 Å². The highest BCUT2D eigenvalue weighted by Crippen LogP contribution is 2.07. The van der Waals surface area contributed by atoms with Gasteiger partial charge in [0.1, 0.15) is 5.76 Å². The van der Waals surface area contributed by atoms with E-state index in [1.54, 1.807) is 6.07 Å². The number of rotatable bonds is 2. The van der Waals surface area contributed by atoms with Crippen molar-refractivity contribution in [3.05, 3.63) is 17.0 Å². The van der Waals surface area contributed by atoms with Gasteiger partial charge in [0, 0.05) is 12.5 Å². The Balaban J connectivity index is 2.58. The lowest BCUT2D eigenvalue weighted by molar-refractivity contribution is 0.319. The zero-order valence-electron chi connectivity index (χ0n) is 4.99. The topological polar surface area (TPSA) is 58.6 Å². The van der Waals surface area contributed by atoms with Crippen LogP contribution in [0.25, 0.3) is 0 Å². The third-order valence-electron chi connectivity index (χ3n) is 0.904. The molecule has 1 heterocycles. The second kappa shape index (κ2) is 3.22. The summed E-state index contributed by atoms with van der Waals surface area (Å²) in [6.07, 6.45) is 1.69. The Kier molecular flexibility index (Phi) is 2.28. The van der Waals surface area contributed by atoms with E-state index in [1.807, 2.05) is 0 Å². The molecule has 1 rings (SSSR count). The van der Waals surface area contributed by atoms with Crippen molar-refractivity contribution < 1.29 is 9.73 Å². The van der Waals surface area contributed by atoms with Crippen molar-refractivity contribution in [1.29, 1.82) is 0 Å². The van der Waals surface area contributed by atoms with Crippen molar-refractivity contribution in [2.75, 3.05) is 0 Å². The molecular formula is C5H5ClN2O2. The average molecular weight is 161 g/mol. The van der Waals surface area contributed by atoms with Crippen LogP contribution < -0.4 is 0 Å². The summed E-state index contributed by atoms with van der Waals surface area (Å²) < 4.78 is 4.68. The summed E-state index contributed by atoms with van der Waals surface area (Å²) in [6, 6.07) is 1.56. The molecule has 0 spiro atoms. The number of aromatic nitrogens is 1. The molecule has 0 fully saturated rings. The molecule has 0 bridgehead atoms. The third kappa shape index (κ3) is 1.73. The first-order valence-electron chi connectivity index (χ1n) is 2.60. The molecule has 1 aromatic heterocycles. The predicted molar refractivity (Wildman–Crippen MR) is 35.5 cm³/mol. The van der Waals surface area contributed by atoms with Crippen LogP contribution in [-0.4, -0.2) is 16.6 Å². The number of halogens is 1. The second-order valence-corrected chi connectivity index (χ2v) is 2.01. The largest absolute Gasteiger partial charge is 0.411 e. The van der Waals surface area contributed by atoms with Crippen LogP contribution in [0.3, 0.4) is 0 Å². The van der Waals surface area contributed by atoms with Crippen molar-refractivity contribution >= 4 is 17.8 Å². The highest BCUT2D eigenvalue weighted by Gasteiger charge is 1.98. The number of hydrogen-bond acceptors (Lipinski definition) is 4. The molecule has 0 atom stereocenters. The SMILES string of the molecule is ON=CCc1cc(Cl)no1. The van der Waals surface area contributed by atoms with Gasteiger partial charge >= 0.3 is 0 Å². The molecule has 5 heteroatoms. The molecule has 0 saturated carbocycles. The van der Waals surface area contributed by atoms with Crippen LogP contribution in [0, 0.1) is 0 Å². The van der Waals surface area contributed by atoms with Gasteiger partial charge in [0.2, 0.25) is 0 Å². The van der Waals surface area contributed by atoms with Crippen molar-refractivity contribution in [1.82, 2.24) is 5.16 Å². The van der Waals surface area contributed by atoms with Crippen LogP contribution in [0.2, 0.25) is 5.15 Å². The third-order valence-corrected chi connectivity index (χ3v) is 1.08. The molecule has 0 radical (unpaired) electrons. The van der Waals surface area contributed by atoms with Gasteiger partial charge in [0.05, 0.1) is 6.21 Å². The van der Waals surface area contributed by atoms with E-state index in [2.05, 4.69) is 14.8 Å². The normalized spacial score (nSPS) is 10.9. The van der Waals surface area contributed by atoms with Gasteiger partial charge in [0.25, 0.3) is 0 Å². The molecule has 0 aliphatic heterocycles. The van der Waals surface area contributed by atoms with E-state index in [0.29, 0.717) is 17.3 Å². The minimum atomic E-state index is 0.307. The maximum atomic E-state index is 8.01. The zero-order valence-corrected chi connectivity index (χ0v) is 5.75. The van der Waals surface area contributed by atoms with Crippen molar-refractivity contribution in [2.45, 2.75) is 6.42 Å². The fourth-order valence-electron chi connectivity index (χ4n) is 0.515. The molecule has 54 valence electrons. The molecule has 0 aliphatic rings. The van der Waals surface area contributed by atoms with E-state index in [-0.39, 0.29) is 0 Å². The van der Waals surface area contributed by atoms with E-state index >= 15 is 0 Å². The van der Waals surface area contributed by atoms with Gasteiger partial charge in [-0.25, -0.2) is 0 Å². The molecular weight excluding hydrogens is 156 g/mol. The highest BCUT2D eigenvalue weighted by atomic mass is 35.5. The second-order valence-electron chi connectivity index (χ2n) is 1.62. The molecule has 0 aliphatic carbocycles. The lowest BCUT2D eigenvalue weighted by Crippen LogP contribution is -1.80. The highest BCUT2D eigenvalue weighted by molar-refractivity contribution is 6.29. The molecule has 1 aromatic rings. The first-order valence-corrected chi connectivity index (χ1v) is 2.97. The summed E-state index contributed by atoms with van der Waals surface area (Å²) in [6.45, 7) is 0. The number of oxime groups is 1. The van der Waals surface area contributed by atoms with E-state index in [4.69, 9.17) is 16.8 Å². The summed E-state index contributed by atoms with van der Waals surface area (Å²) >= 11 is 5.43. The lowest BCUT2D eigenvalue weighted by Gasteiger charge is -1.79. The summed E-state index contributed by atoms with van der Waals surface area (Å²) in [5, 5.41) is 14.5. The fraction of sp³-hybridized carbons (Fsp3) is 0.200. The maximum Gasteiger partial charge on any atom is 0.172 e.